The normalized spacial score (nSPS) is 24.1. The van der Waals surface area contributed by atoms with E-state index in [-0.39, 0.29) is 0 Å². The Hall–Kier alpha value is -3.24. The van der Waals surface area contributed by atoms with Crippen LogP contribution in [0, 0.1) is 5.92 Å². The van der Waals surface area contributed by atoms with Crippen molar-refractivity contribution in [2.75, 3.05) is 24.9 Å². The van der Waals surface area contributed by atoms with Gasteiger partial charge in [-0.1, -0.05) is 67.6 Å². The molecule has 2 aliphatic carbocycles. The van der Waals surface area contributed by atoms with Crippen molar-refractivity contribution >= 4 is 5.69 Å². The molecule has 2 aromatic rings. The van der Waals surface area contributed by atoms with Crippen LogP contribution in [0.3, 0.4) is 0 Å². The second kappa shape index (κ2) is 9.19. The maximum absolute atomic E-state index is 6.12. The average molecular weight is 453 g/mol. The second-order valence-corrected chi connectivity index (χ2v) is 9.81. The van der Waals surface area contributed by atoms with Gasteiger partial charge in [-0.05, 0) is 48.6 Å². The molecule has 0 radical (unpaired) electrons. The van der Waals surface area contributed by atoms with Gasteiger partial charge in [0.25, 0.3) is 0 Å². The topological polar surface area (TPSA) is 24.9 Å². The minimum absolute atomic E-state index is 0.398. The van der Waals surface area contributed by atoms with Gasteiger partial charge < -0.3 is 14.4 Å². The molecule has 0 N–H and O–H groups in total. The summed E-state index contributed by atoms with van der Waals surface area (Å²) < 4.78 is 12.1. The van der Waals surface area contributed by atoms with Crippen LogP contribution >= 0.6 is 0 Å². The molecule has 0 bridgehead atoms. The van der Waals surface area contributed by atoms with Gasteiger partial charge in [0.2, 0.25) is 0 Å². The van der Waals surface area contributed by atoms with Crippen molar-refractivity contribution in [2.45, 2.75) is 38.8 Å². The minimum atomic E-state index is 0.398. The number of nitrogens with zero attached hydrogens (tertiary/aromatic N) is 2. The van der Waals surface area contributed by atoms with Crippen molar-refractivity contribution < 1.29 is 9.47 Å². The van der Waals surface area contributed by atoms with Gasteiger partial charge in [-0.15, -0.1) is 0 Å². The summed E-state index contributed by atoms with van der Waals surface area (Å²) in [5, 5.41) is 0. The maximum Gasteiger partial charge on any atom is 0.161 e. The molecule has 0 spiro atoms. The van der Waals surface area contributed by atoms with E-state index in [9.17, 15) is 0 Å². The van der Waals surface area contributed by atoms with E-state index in [0.717, 1.165) is 38.1 Å². The molecule has 2 aliphatic heterocycles. The number of allylic oxidation sites excluding steroid dienone is 4. The zero-order valence-corrected chi connectivity index (χ0v) is 19.8. The fourth-order valence-electron chi connectivity index (χ4n) is 5.37. The standard InChI is InChI=1S/C30H32N2O2/c1-22-5-4-7-26-19-32(21-34-30(22)26)28-15-11-24(12-16-28)17-23-9-13-27(14-10-23)31-18-25-6-2-3-8-29(25)33-20-31/h2-4,6-13,15-16,22,27H,5,14,17-21H2,1H3. The third-order valence-electron chi connectivity index (χ3n) is 7.37. The lowest BCUT2D eigenvalue weighted by molar-refractivity contribution is 0.0724. The lowest BCUT2D eigenvalue weighted by Gasteiger charge is -2.35. The number of para-hydroxylation sites is 1. The van der Waals surface area contributed by atoms with Crippen LogP contribution < -0.4 is 9.64 Å². The third kappa shape index (κ3) is 4.30. The van der Waals surface area contributed by atoms with Gasteiger partial charge in [0.1, 0.15) is 18.2 Å². The Labute approximate surface area is 202 Å². The number of rotatable bonds is 4. The molecule has 2 heterocycles. The Kier molecular flexibility index (Phi) is 5.76. The molecule has 0 saturated carbocycles. The van der Waals surface area contributed by atoms with Crippen LogP contribution in [0.4, 0.5) is 5.69 Å². The first-order chi connectivity index (χ1) is 16.7. The molecule has 2 atom stereocenters. The Balaban J connectivity index is 1.05. The molecule has 0 fully saturated rings. The molecule has 0 aromatic heterocycles. The van der Waals surface area contributed by atoms with Crippen LogP contribution in [-0.2, 0) is 17.7 Å². The number of anilines is 1. The highest BCUT2D eigenvalue weighted by Gasteiger charge is 2.25. The maximum atomic E-state index is 6.12. The summed E-state index contributed by atoms with van der Waals surface area (Å²) in [7, 11) is 0. The number of hydrogen-bond acceptors (Lipinski definition) is 4. The highest BCUT2D eigenvalue weighted by molar-refractivity contribution is 5.51. The molecule has 2 unspecified atom stereocenters. The van der Waals surface area contributed by atoms with E-state index in [1.54, 1.807) is 0 Å². The average Bonchev–Trinajstić information content (AvgIpc) is 2.89. The molecule has 6 rings (SSSR count). The molecule has 0 amide bonds. The van der Waals surface area contributed by atoms with Gasteiger partial charge in [-0.2, -0.15) is 0 Å². The highest BCUT2D eigenvalue weighted by Crippen LogP contribution is 2.32. The SMILES string of the molecule is CC1CC=CC2=C1OCN(c1ccc(CC3=CCC(N4COc5ccccc5C4)C=C3)cc1)C2. The first-order valence-electron chi connectivity index (χ1n) is 12.4. The first kappa shape index (κ1) is 21.3. The van der Waals surface area contributed by atoms with Gasteiger partial charge >= 0.3 is 0 Å². The van der Waals surface area contributed by atoms with Crippen molar-refractivity contribution in [1.82, 2.24) is 4.90 Å². The molecular weight excluding hydrogens is 420 g/mol. The smallest absolute Gasteiger partial charge is 0.161 e. The van der Waals surface area contributed by atoms with Crippen LogP contribution in [0.2, 0.25) is 0 Å². The fraction of sp³-hybridized carbons (Fsp3) is 0.333. The lowest BCUT2D eigenvalue weighted by Crippen LogP contribution is -2.39. The fourth-order valence-corrected chi connectivity index (χ4v) is 5.37. The summed E-state index contributed by atoms with van der Waals surface area (Å²) in [4.78, 5) is 4.72. The summed E-state index contributed by atoms with van der Waals surface area (Å²) in [5.41, 5.74) is 6.55. The van der Waals surface area contributed by atoms with E-state index in [1.165, 1.54) is 33.7 Å². The van der Waals surface area contributed by atoms with E-state index in [0.29, 0.717) is 25.4 Å². The molecule has 4 aliphatic rings. The van der Waals surface area contributed by atoms with Crippen molar-refractivity contribution in [3.8, 4) is 5.75 Å². The Morgan fingerprint density at radius 3 is 2.65 bits per heavy atom. The number of benzene rings is 2. The molecule has 174 valence electrons. The van der Waals surface area contributed by atoms with E-state index in [4.69, 9.17) is 9.47 Å². The summed E-state index contributed by atoms with van der Waals surface area (Å²) in [6, 6.07) is 17.7. The number of hydrogen-bond donors (Lipinski definition) is 0. The Bertz CT molecular complexity index is 1170. The van der Waals surface area contributed by atoms with Crippen molar-refractivity contribution in [3.05, 3.63) is 107 Å². The minimum Gasteiger partial charge on any atom is -0.478 e. The number of ether oxygens (including phenoxy) is 2. The summed E-state index contributed by atoms with van der Waals surface area (Å²) in [6.45, 7) is 5.41. The van der Waals surface area contributed by atoms with Crippen LogP contribution in [0.15, 0.2) is 95.8 Å². The van der Waals surface area contributed by atoms with Crippen molar-refractivity contribution in [3.63, 3.8) is 0 Å². The Morgan fingerprint density at radius 1 is 0.912 bits per heavy atom. The predicted octanol–water partition coefficient (Wildman–Crippen LogP) is 5.98. The molecule has 0 saturated heterocycles. The van der Waals surface area contributed by atoms with Crippen LogP contribution in [0.1, 0.15) is 30.9 Å². The summed E-state index contributed by atoms with van der Waals surface area (Å²) in [5.74, 6) is 2.71. The van der Waals surface area contributed by atoms with Crippen LogP contribution in [0.25, 0.3) is 0 Å². The van der Waals surface area contributed by atoms with E-state index in [1.807, 2.05) is 6.07 Å². The Morgan fingerprint density at radius 2 is 1.79 bits per heavy atom. The van der Waals surface area contributed by atoms with E-state index < -0.39 is 0 Å². The summed E-state index contributed by atoms with van der Waals surface area (Å²) >= 11 is 0. The monoisotopic (exact) mass is 452 g/mol. The molecule has 4 heteroatoms. The zero-order valence-electron chi connectivity index (χ0n) is 19.8. The van der Waals surface area contributed by atoms with Gasteiger partial charge in [0.05, 0.1) is 0 Å². The first-order valence-corrected chi connectivity index (χ1v) is 12.4. The number of fused-ring (bicyclic) bond motifs is 1. The van der Waals surface area contributed by atoms with Crippen LogP contribution in [-0.4, -0.2) is 30.9 Å². The molecular formula is C30H32N2O2. The highest BCUT2D eigenvalue weighted by atomic mass is 16.5. The molecule has 4 nitrogen and oxygen atoms in total. The van der Waals surface area contributed by atoms with Crippen molar-refractivity contribution in [2.24, 2.45) is 5.92 Å². The molecule has 2 aromatic carbocycles. The van der Waals surface area contributed by atoms with Crippen molar-refractivity contribution in [1.29, 1.82) is 0 Å². The zero-order chi connectivity index (χ0) is 22.9. The van der Waals surface area contributed by atoms with E-state index in [2.05, 4.69) is 89.6 Å². The predicted molar refractivity (Wildman–Crippen MR) is 136 cm³/mol. The summed E-state index contributed by atoms with van der Waals surface area (Å²) in [6.07, 6.45) is 14.6. The van der Waals surface area contributed by atoms with Gasteiger partial charge in [-0.25, -0.2) is 0 Å². The second-order valence-electron chi connectivity index (χ2n) is 9.81. The van der Waals surface area contributed by atoms with Crippen LogP contribution in [0.5, 0.6) is 5.75 Å². The quantitative estimate of drug-likeness (QED) is 0.570. The largest absolute Gasteiger partial charge is 0.478 e. The van der Waals surface area contributed by atoms with Gasteiger partial charge in [-0.3, -0.25) is 4.90 Å². The van der Waals surface area contributed by atoms with E-state index >= 15 is 0 Å². The lowest BCUT2D eigenvalue weighted by atomic mass is 9.94. The van der Waals surface area contributed by atoms with Gasteiger partial charge in [0, 0.05) is 41.9 Å². The third-order valence-corrected chi connectivity index (χ3v) is 7.37. The molecule has 34 heavy (non-hydrogen) atoms. The van der Waals surface area contributed by atoms with Gasteiger partial charge in [0.15, 0.2) is 6.73 Å².